The Balaban J connectivity index is 6.76. The molecule has 0 saturated heterocycles. The predicted molar refractivity (Wildman–Crippen MR) is 189 cm³/mol. The zero-order valence-corrected chi connectivity index (χ0v) is 34.6. The van der Waals surface area contributed by atoms with Crippen LogP contribution >= 0.6 is 0 Å². The quantitative estimate of drug-likeness (QED) is 0.0605. The first-order valence-electron chi connectivity index (χ1n) is 16.3. The van der Waals surface area contributed by atoms with Gasteiger partial charge in [0.25, 0.3) is 0 Å². The summed E-state index contributed by atoms with van der Waals surface area (Å²) >= 11 is 0. The molecule has 0 bridgehead atoms. The topological polar surface area (TPSA) is 54.0 Å². The average Bonchev–Trinajstić information content (AvgIpc) is 2.86. The monoisotopic (exact) mass is 646 g/mol. The number of esters is 1. The van der Waals surface area contributed by atoms with Gasteiger partial charge in [0.2, 0.25) is 8.32 Å². The van der Waals surface area contributed by atoms with E-state index >= 15 is 0 Å². The smallest absolute Gasteiger partial charge is 0.333 e. The van der Waals surface area contributed by atoms with Gasteiger partial charge in [-0.2, -0.15) is 0 Å². The van der Waals surface area contributed by atoms with Crippen molar-refractivity contribution in [1.82, 2.24) is 0 Å². The number of hydrogen-bond donors (Lipinski definition) is 0. The van der Waals surface area contributed by atoms with Crippen LogP contribution < -0.4 is 0 Å². The summed E-state index contributed by atoms with van der Waals surface area (Å²) in [6, 6.07) is 0.928. The predicted octanol–water partition coefficient (Wildman–Crippen LogP) is 10.3. The van der Waals surface area contributed by atoms with Crippen LogP contribution in [-0.2, 0) is 22.8 Å². The summed E-state index contributed by atoms with van der Waals surface area (Å²) in [7, 11) is -8.22. The van der Waals surface area contributed by atoms with Crippen molar-refractivity contribution in [2.75, 3.05) is 6.61 Å². The second-order valence-corrected chi connectivity index (χ2v) is 33.9. The summed E-state index contributed by atoms with van der Waals surface area (Å²) in [6.45, 7) is 41.6. The highest BCUT2D eigenvalue weighted by molar-refractivity contribution is 6.81. The molecule has 0 fully saturated rings. The number of carbonyl (C=O) groups excluding carboxylic acids is 1. The molecule has 0 rings (SSSR count). The fraction of sp³-hybridized carbons (Fsp3) is 0.906. The molecule has 0 spiro atoms. The number of ether oxygens (including phenoxy) is 1. The molecule has 0 radical (unpaired) electrons. The van der Waals surface area contributed by atoms with Crippen LogP contribution in [0.3, 0.4) is 0 Å². The Bertz CT molecular complexity index is 865. The van der Waals surface area contributed by atoms with Crippen molar-refractivity contribution in [3.8, 4) is 0 Å². The first-order valence-corrected chi connectivity index (χ1v) is 28.8. The minimum atomic E-state index is -2.48. The Morgan fingerprint density at radius 3 is 1.73 bits per heavy atom. The van der Waals surface area contributed by atoms with E-state index in [1.54, 1.807) is 0 Å². The first-order chi connectivity index (χ1) is 18.4. The molecular formula is C32H70O5Si4. The van der Waals surface area contributed by atoms with Gasteiger partial charge in [0.15, 0.2) is 16.6 Å². The van der Waals surface area contributed by atoms with Gasteiger partial charge in [-0.1, -0.05) is 60.3 Å². The summed E-state index contributed by atoms with van der Waals surface area (Å²) < 4.78 is 27.7. The first kappa shape index (κ1) is 41.0. The van der Waals surface area contributed by atoms with E-state index in [0.717, 1.165) is 38.1 Å². The zero-order valence-electron chi connectivity index (χ0n) is 30.6. The van der Waals surface area contributed by atoms with Crippen LogP contribution in [0.5, 0.6) is 0 Å². The molecule has 9 heteroatoms. The van der Waals surface area contributed by atoms with E-state index in [-0.39, 0.29) is 27.6 Å². The summed E-state index contributed by atoms with van der Waals surface area (Å²) in [4.78, 5) is 12.4. The van der Waals surface area contributed by atoms with Gasteiger partial charge in [-0.25, -0.2) is 4.79 Å². The number of hydrogen-bond acceptors (Lipinski definition) is 5. The van der Waals surface area contributed by atoms with Crippen molar-refractivity contribution in [3.63, 3.8) is 0 Å². The van der Waals surface area contributed by atoms with Gasteiger partial charge in [-0.3, -0.25) is 0 Å². The number of carbonyl (C=O) groups is 1. The maximum Gasteiger partial charge on any atom is 0.333 e. The molecule has 0 N–H and O–H groups in total. The molecule has 0 aromatic rings. The van der Waals surface area contributed by atoms with Crippen LogP contribution in [0.4, 0.5) is 0 Å². The van der Waals surface area contributed by atoms with Crippen LogP contribution in [0.2, 0.25) is 70.0 Å². The van der Waals surface area contributed by atoms with Crippen LogP contribution in [0.15, 0.2) is 11.6 Å². The molecule has 41 heavy (non-hydrogen) atoms. The van der Waals surface area contributed by atoms with Gasteiger partial charge in [-0.05, 0) is 105 Å². The second-order valence-electron chi connectivity index (χ2n) is 15.5. The standard InChI is InChI=1S/C32H70O5Si4/c1-19-27(6)29(33)34-25-24-26-41(18,35-28(20-2)38(10,11)12)31(8,22-4)30(7,21-3)36-40(16,17)32(9,23-5)37-39(13,14)15/h19,28H,20-26H2,1-18H3/b27-19+. The third-order valence-electron chi connectivity index (χ3n) is 10.2. The van der Waals surface area contributed by atoms with E-state index in [0.29, 0.717) is 12.2 Å². The molecule has 0 saturated carbocycles. The lowest BCUT2D eigenvalue weighted by atomic mass is 9.85. The van der Waals surface area contributed by atoms with Gasteiger partial charge in [-0.15, -0.1) is 0 Å². The molecule has 0 amide bonds. The Labute approximate surface area is 260 Å². The van der Waals surface area contributed by atoms with Crippen molar-refractivity contribution in [2.24, 2.45) is 0 Å². The van der Waals surface area contributed by atoms with Crippen molar-refractivity contribution >= 4 is 39.0 Å². The molecule has 0 aliphatic carbocycles. The fourth-order valence-electron chi connectivity index (χ4n) is 6.31. The highest BCUT2D eigenvalue weighted by atomic mass is 28.4. The molecular weight excluding hydrogens is 577 g/mol. The van der Waals surface area contributed by atoms with Crippen LogP contribution in [0, 0.1) is 0 Å². The summed E-state index contributed by atoms with van der Waals surface area (Å²) in [5, 5.41) is -0.437. The molecule has 244 valence electrons. The van der Waals surface area contributed by atoms with Gasteiger partial charge < -0.3 is 18.0 Å². The summed E-state index contributed by atoms with van der Waals surface area (Å²) in [5.41, 5.74) is 0.552. The molecule has 0 heterocycles. The van der Waals surface area contributed by atoms with Crippen molar-refractivity contribution < 1.29 is 22.8 Å². The lowest BCUT2D eigenvalue weighted by Crippen LogP contribution is -2.67. The molecule has 0 aromatic heterocycles. The third kappa shape index (κ3) is 10.2. The van der Waals surface area contributed by atoms with E-state index < -0.39 is 33.0 Å². The molecule has 0 aliphatic heterocycles. The van der Waals surface area contributed by atoms with E-state index in [4.69, 9.17) is 18.0 Å². The largest absolute Gasteiger partial charge is 0.462 e. The minimum Gasteiger partial charge on any atom is -0.462 e. The van der Waals surface area contributed by atoms with Crippen molar-refractivity contribution in [3.05, 3.63) is 11.6 Å². The van der Waals surface area contributed by atoms with E-state index in [1.165, 1.54) is 0 Å². The van der Waals surface area contributed by atoms with E-state index in [1.807, 2.05) is 19.9 Å². The highest BCUT2D eigenvalue weighted by Crippen LogP contribution is 2.58. The van der Waals surface area contributed by atoms with Gasteiger partial charge >= 0.3 is 5.97 Å². The third-order valence-corrected chi connectivity index (χ3v) is 23.5. The van der Waals surface area contributed by atoms with Crippen molar-refractivity contribution in [2.45, 2.75) is 181 Å². The maximum atomic E-state index is 12.4. The molecule has 0 aromatic carbocycles. The second kappa shape index (κ2) is 15.3. The van der Waals surface area contributed by atoms with E-state index in [9.17, 15) is 4.79 Å². The SMILES string of the molecule is C/C=C(\C)C(=O)OCCC[Si](C)(OC(CC)[Si](C)(C)C)C(C)(CC)C(C)(CC)O[Si](C)(C)C(C)(CC)O[Si](C)(C)C. The molecule has 0 aliphatic rings. The van der Waals surface area contributed by atoms with Gasteiger partial charge in [0, 0.05) is 16.3 Å². The fourth-order valence-corrected chi connectivity index (χ4v) is 20.4. The Hall–Kier alpha value is -0.0425. The lowest BCUT2D eigenvalue weighted by molar-refractivity contribution is -0.139. The zero-order chi connectivity index (χ0) is 32.7. The van der Waals surface area contributed by atoms with Crippen molar-refractivity contribution in [1.29, 1.82) is 0 Å². The highest BCUT2D eigenvalue weighted by Gasteiger charge is 2.61. The number of rotatable bonds is 19. The Kier molecular flexibility index (Phi) is 15.3. The van der Waals surface area contributed by atoms with E-state index in [2.05, 4.69) is 107 Å². The maximum absolute atomic E-state index is 12.4. The summed E-state index contributed by atoms with van der Waals surface area (Å²) in [6.07, 6.45) is 6.46. The lowest BCUT2D eigenvalue weighted by Gasteiger charge is -2.59. The van der Waals surface area contributed by atoms with Gasteiger partial charge in [0.1, 0.15) is 0 Å². The molecule has 5 atom stereocenters. The van der Waals surface area contributed by atoms with Gasteiger partial charge in [0.05, 0.1) is 25.5 Å². The Morgan fingerprint density at radius 1 is 0.829 bits per heavy atom. The van der Waals surface area contributed by atoms with Crippen LogP contribution in [0.1, 0.15) is 94.4 Å². The normalized spacial score (nSPS) is 20.4. The average molecular weight is 647 g/mol. The number of allylic oxidation sites excluding steroid dienone is 1. The van der Waals surface area contributed by atoms with Crippen LogP contribution in [-0.4, -0.2) is 62.2 Å². The Morgan fingerprint density at radius 2 is 1.37 bits per heavy atom. The summed E-state index contributed by atoms with van der Waals surface area (Å²) in [5.74, 6) is -0.223. The molecule has 5 unspecified atom stereocenters. The van der Waals surface area contributed by atoms with Crippen LogP contribution in [0.25, 0.3) is 0 Å². The minimum absolute atomic E-state index is 0.164. The molecule has 5 nitrogen and oxygen atoms in total.